The molecule has 0 aliphatic carbocycles. The van der Waals surface area contributed by atoms with E-state index >= 15 is 0 Å². The summed E-state index contributed by atoms with van der Waals surface area (Å²) in [7, 11) is 0. The lowest BCUT2D eigenvalue weighted by molar-refractivity contribution is -0.132. The van der Waals surface area contributed by atoms with Gasteiger partial charge in [0.2, 0.25) is 0 Å². The van der Waals surface area contributed by atoms with E-state index in [1.807, 2.05) is 26.0 Å². The molecule has 6 heteroatoms. The molecule has 0 spiro atoms. The van der Waals surface area contributed by atoms with Crippen LogP contribution in [-0.4, -0.2) is 23.4 Å². The molecule has 2 heterocycles. The van der Waals surface area contributed by atoms with Crippen LogP contribution < -0.4 is 9.64 Å². The number of furan rings is 1. The summed E-state index contributed by atoms with van der Waals surface area (Å²) in [4.78, 5) is 27.4. The van der Waals surface area contributed by atoms with Gasteiger partial charge in [-0.3, -0.25) is 14.5 Å². The predicted octanol–water partition coefficient (Wildman–Crippen LogP) is 4.61. The number of hydrogen-bond acceptors (Lipinski definition) is 5. The Bertz CT molecular complexity index is 1110. The number of rotatable bonds is 5. The van der Waals surface area contributed by atoms with E-state index in [9.17, 15) is 14.7 Å². The van der Waals surface area contributed by atoms with E-state index in [2.05, 4.69) is 0 Å². The summed E-state index contributed by atoms with van der Waals surface area (Å²) in [5.41, 5.74) is 1.82. The molecule has 4 rings (SSSR count). The zero-order chi connectivity index (χ0) is 21.3. The van der Waals surface area contributed by atoms with E-state index in [1.165, 1.54) is 11.2 Å². The lowest BCUT2D eigenvalue weighted by Gasteiger charge is -2.24. The molecule has 0 bridgehead atoms. The number of amides is 1. The van der Waals surface area contributed by atoms with Crippen LogP contribution in [-0.2, 0) is 9.59 Å². The van der Waals surface area contributed by atoms with Crippen LogP contribution in [0.1, 0.15) is 29.9 Å². The van der Waals surface area contributed by atoms with Gasteiger partial charge in [-0.15, -0.1) is 0 Å². The fraction of sp³-hybridized carbons (Fsp3) is 0.167. The van der Waals surface area contributed by atoms with Crippen LogP contribution >= 0.6 is 0 Å². The summed E-state index contributed by atoms with van der Waals surface area (Å²) in [6.07, 6.45) is 1.48. The van der Waals surface area contributed by atoms with Gasteiger partial charge in [0.05, 0.1) is 18.4 Å². The molecular formula is C24H21NO5. The number of para-hydroxylation sites is 1. The highest BCUT2D eigenvalue weighted by Gasteiger charge is 2.48. The van der Waals surface area contributed by atoms with Crippen molar-refractivity contribution >= 4 is 23.1 Å². The van der Waals surface area contributed by atoms with Crippen molar-refractivity contribution in [3.05, 3.63) is 89.4 Å². The number of ether oxygens (including phenoxy) is 1. The van der Waals surface area contributed by atoms with Gasteiger partial charge in [0.15, 0.2) is 0 Å². The number of aryl methyl sites for hydroxylation is 1. The van der Waals surface area contributed by atoms with Gasteiger partial charge in [-0.1, -0.05) is 18.2 Å². The Morgan fingerprint density at radius 2 is 1.80 bits per heavy atom. The fourth-order valence-electron chi connectivity index (χ4n) is 3.66. The summed E-state index contributed by atoms with van der Waals surface area (Å²) in [6.45, 7) is 4.26. The van der Waals surface area contributed by atoms with E-state index in [1.54, 1.807) is 48.5 Å². The molecule has 1 aromatic heterocycles. The Morgan fingerprint density at radius 3 is 2.43 bits per heavy atom. The highest BCUT2D eigenvalue weighted by Crippen LogP contribution is 2.43. The molecule has 1 aliphatic heterocycles. The minimum absolute atomic E-state index is 0.0117. The molecule has 1 aliphatic rings. The predicted molar refractivity (Wildman–Crippen MR) is 112 cm³/mol. The quantitative estimate of drug-likeness (QED) is 0.382. The number of ketones is 1. The number of carbonyl (C=O) groups is 2. The van der Waals surface area contributed by atoms with Crippen molar-refractivity contribution in [2.24, 2.45) is 0 Å². The number of hydrogen-bond donors (Lipinski definition) is 1. The lowest BCUT2D eigenvalue weighted by Crippen LogP contribution is -2.29. The Hall–Kier alpha value is -3.80. The van der Waals surface area contributed by atoms with Gasteiger partial charge in [0.1, 0.15) is 23.3 Å². The zero-order valence-electron chi connectivity index (χ0n) is 16.7. The number of aliphatic hydroxyl groups excluding tert-OH is 1. The highest BCUT2D eigenvalue weighted by atomic mass is 16.5. The number of anilines is 1. The minimum atomic E-state index is -0.868. The lowest BCUT2D eigenvalue weighted by atomic mass is 9.99. The third kappa shape index (κ3) is 3.26. The van der Waals surface area contributed by atoms with E-state index in [0.717, 1.165) is 5.56 Å². The van der Waals surface area contributed by atoms with Gasteiger partial charge >= 0.3 is 0 Å². The van der Waals surface area contributed by atoms with E-state index < -0.39 is 17.7 Å². The van der Waals surface area contributed by atoms with Crippen LogP contribution in [0, 0.1) is 6.92 Å². The number of carbonyl (C=O) groups excluding carboxylic acids is 2. The third-order valence-electron chi connectivity index (χ3n) is 5.07. The first kappa shape index (κ1) is 19.5. The van der Waals surface area contributed by atoms with Gasteiger partial charge in [-0.25, -0.2) is 0 Å². The monoisotopic (exact) mass is 403 g/mol. The summed E-state index contributed by atoms with van der Waals surface area (Å²) in [5.74, 6) is -0.681. The molecule has 0 radical (unpaired) electrons. The number of benzene rings is 2. The Labute approximate surface area is 174 Å². The highest BCUT2D eigenvalue weighted by molar-refractivity contribution is 6.51. The van der Waals surface area contributed by atoms with Crippen LogP contribution in [0.3, 0.4) is 0 Å². The van der Waals surface area contributed by atoms with Crippen molar-refractivity contribution in [2.75, 3.05) is 11.5 Å². The zero-order valence-corrected chi connectivity index (χ0v) is 16.7. The maximum Gasteiger partial charge on any atom is 0.300 e. The summed E-state index contributed by atoms with van der Waals surface area (Å²) >= 11 is 0. The van der Waals surface area contributed by atoms with Crippen molar-refractivity contribution in [3.8, 4) is 5.75 Å². The smallest absolute Gasteiger partial charge is 0.300 e. The number of aliphatic hydroxyl groups is 1. The molecular weight excluding hydrogens is 382 g/mol. The van der Waals surface area contributed by atoms with Crippen molar-refractivity contribution in [3.63, 3.8) is 0 Å². The molecule has 2 aromatic carbocycles. The summed E-state index contributed by atoms with van der Waals surface area (Å²) in [6, 6.07) is 16.5. The van der Waals surface area contributed by atoms with Gasteiger partial charge in [-0.2, -0.15) is 0 Å². The summed E-state index contributed by atoms with van der Waals surface area (Å²) in [5, 5.41) is 11.0. The SMILES string of the molecule is CCOc1ccc(/C(O)=C2/C(=O)C(=O)N(c3ccccc3C)C2c2ccco2)cc1. The average Bonchev–Trinajstić information content (AvgIpc) is 3.36. The van der Waals surface area contributed by atoms with E-state index in [4.69, 9.17) is 9.15 Å². The molecule has 1 saturated heterocycles. The number of nitrogens with zero attached hydrogens (tertiary/aromatic N) is 1. The summed E-state index contributed by atoms with van der Waals surface area (Å²) < 4.78 is 11.0. The standard InChI is InChI=1S/C24H21NO5/c1-3-29-17-12-10-16(11-13-17)22(26)20-21(19-9-6-14-30-19)25(24(28)23(20)27)18-8-5-4-7-15(18)2/h4-14,21,26H,3H2,1-2H3/b22-20-. The first-order valence-electron chi connectivity index (χ1n) is 9.66. The molecule has 152 valence electrons. The minimum Gasteiger partial charge on any atom is -0.507 e. The topological polar surface area (TPSA) is 80.0 Å². The Kier molecular flexibility index (Phi) is 5.14. The van der Waals surface area contributed by atoms with E-state index in [-0.39, 0.29) is 11.3 Å². The molecule has 6 nitrogen and oxygen atoms in total. The fourth-order valence-corrected chi connectivity index (χ4v) is 3.66. The molecule has 0 saturated carbocycles. The Balaban J connectivity index is 1.87. The molecule has 1 N–H and O–H groups in total. The first-order valence-corrected chi connectivity index (χ1v) is 9.66. The first-order chi connectivity index (χ1) is 14.5. The van der Waals surface area contributed by atoms with Crippen LogP contribution in [0.25, 0.3) is 5.76 Å². The van der Waals surface area contributed by atoms with Gasteiger partial charge in [-0.05, 0) is 61.9 Å². The average molecular weight is 403 g/mol. The van der Waals surface area contributed by atoms with Crippen molar-refractivity contribution in [1.29, 1.82) is 0 Å². The van der Waals surface area contributed by atoms with Gasteiger partial charge in [0, 0.05) is 11.3 Å². The van der Waals surface area contributed by atoms with Gasteiger partial charge in [0.25, 0.3) is 11.7 Å². The van der Waals surface area contributed by atoms with Crippen molar-refractivity contribution < 1.29 is 23.8 Å². The van der Waals surface area contributed by atoms with Crippen LogP contribution in [0.2, 0.25) is 0 Å². The largest absolute Gasteiger partial charge is 0.507 e. The number of Topliss-reactive ketones (excluding diaryl/α,β-unsaturated/α-hetero) is 1. The van der Waals surface area contributed by atoms with Crippen LogP contribution in [0.5, 0.6) is 5.75 Å². The maximum absolute atomic E-state index is 13.0. The van der Waals surface area contributed by atoms with E-state index in [0.29, 0.717) is 29.4 Å². The second-order valence-corrected chi connectivity index (χ2v) is 6.93. The maximum atomic E-state index is 13.0. The third-order valence-corrected chi connectivity index (χ3v) is 5.07. The Morgan fingerprint density at radius 1 is 1.07 bits per heavy atom. The van der Waals surface area contributed by atoms with Crippen LogP contribution in [0.15, 0.2) is 76.9 Å². The molecule has 30 heavy (non-hydrogen) atoms. The molecule has 3 aromatic rings. The molecule has 1 atom stereocenters. The van der Waals surface area contributed by atoms with Crippen molar-refractivity contribution in [2.45, 2.75) is 19.9 Å². The van der Waals surface area contributed by atoms with Crippen molar-refractivity contribution in [1.82, 2.24) is 0 Å². The molecule has 1 unspecified atom stereocenters. The second-order valence-electron chi connectivity index (χ2n) is 6.93. The molecule has 1 fully saturated rings. The second kappa shape index (κ2) is 7.91. The van der Waals surface area contributed by atoms with Gasteiger partial charge < -0.3 is 14.3 Å². The normalized spacial score (nSPS) is 18.1. The molecule has 1 amide bonds. The van der Waals surface area contributed by atoms with Crippen LogP contribution in [0.4, 0.5) is 5.69 Å².